The molecule has 42 heavy (non-hydrogen) atoms. The molecule has 5 atom stereocenters. The van der Waals surface area contributed by atoms with Crippen LogP contribution in [0.2, 0.25) is 0 Å². The third-order valence-corrected chi connectivity index (χ3v) is 10.1. The Kier molecular flexibility index (Phi) is 6.05. The predicted molar refractivity (Wildman–Crippen MR) is 153 cm³/mol. The lowest BCUT2D eigenvalue weighted by Crippen LogP contribution is -2.75. The summed E-state index contributed by atoms with van der Waals surface area (Å²) in [6, 6.07) is 22.7. The van der Waals surface area contributed by atoms with Gasteiger partial charge in [-0.15, -0.1) is 0 Å². The van der Waals surface area contributed by atoms with Crippen LogP contribution in [-0.2, 0) is 48.9 Å². The molecular weight excluding hydrogens is 532 g/mol. The van der Waals surface area contributed by atoms with E-state index in [9.17, 15) is 14.4 Å². The fraction of sp³-hybridized carbons (Fsp3) is 0.343. The van der Waals surface area contributed by atoms with Gasteiger partial charge in [0, 0.05) is 5.56 Å². The summed E-state index contributed by atoms with van der Waals surface area (Å²) in [5, 5.41) is 0. The van der Waals surface area contributed by atoms with Gasteiger partial charge in [0.25, 0.3) is 0 Å². The van der Waals surface area contributed by atoms with Crippen molar-refractivity contribution in [3.63, 3.8) is 0 Å². The Morgan fingerprint density at radius 3 is 2.19 bits per heavy atom. The number of hydrogen-bond donors (Lipinski definition) is 0. The highest BCUT2D eigenvalue weighted by Gasteiger charge is 2.82. The smallest absolute Gasteiger partial charge is 0.318 e. The molecule has 3 aromatic carbocycles. The van der Waals surface area contributed by atoms with Crippen LogP contribution in [-0.4, -0.2) is 30.9 Å². The number of carbonyl (C=O) groups excluding carboxylic acids is 3. The van der Waals surface area contributed by atoms with E-state index >= 15 is 0 Å². The molecule has 1 heterocycles. The molecule has 0 radical (unpaired) electrons. The second-order valence-electron chi connectivity index (χ2n) is 11.9. The number of hydrogen-bond acceptors (Lipinski definition) is 7. The number of ether oxygens (including phenoxy) is 4. The van der Waals surface area contributed by atoms with Gasteiger partial charge in [0.2, 0.25) is 0 Å². The Morgan fingerprint density at radius 2 is 1.55 bits per heavy atom. The molecule has 4 aliphatic rings. The number of esters is 2. The Balaban J connectivity index is 1.44. The van der Waals surface area contributed by atoms with E-state index in [-0.39, 0.29) is 31.3 Å². The van der Waals surface area contributed by atoms with Crippen molar-refractivity contribution in [2.75, 3.05) is 7.11 Å². The average Bonchev–Trinajstić information content (AvgIpc) is 3.38. The van der Waals surface area contributed by atoms with Gasteiger partial charge in [-0.25, -0.2) is 0 Å². The zero-order valence-electron chi connectivity index (χ0n) is 23.6. The van der Waals surface area contributed by atoms with Gasteiger partial charge in [-0.2, -0.15) is 0 Å². The molecule has 3 aromatic rings. The fourth-order valence-corrected chi connectivity index (χ4v) is 8.26. The molecule has 1 spiro atoms. The number of methoxy groups -OCH3 is 1. The van der Waals surface area contributed by atoms with Crippen LogP contribution in [0.1, 0.15) is 42.0 Å². The Bertz CT molecular complexity index is 1610. The zero-order chi connectivity index (χ0) is 29.1. The van der Waals surface area contributed by atoms with Crippen LogP contribution in [0.25, 0.3) is 0 Å². The standard InChI is InChI=1S/C35H32O7/c1-22-15-17-33-28-25-13-14-27(39-2)29(28)42-30(33)26(36)16-18-35(33,32(38)41-21-24-11-7-4-8-12-24)34(22,19-25)31(37)40-20-23-9-5-3-6-10-23/h3-14,16,18,22,30H,15,17,19-21H2,1-2H3/t22-,30+,33+,34?,35?/m1/s1. The molecule has 3 aliphatic carbocycles. The SMILES string of the molecule is COc1ccc2c3c1O[C@H]1C(=O)C=CC4(C(=O)OCc5ccccc5)C(C(=O)OCc5ccccc5)(C2)[C@H](C)CC[C@]314. The Hall–Kier alpha value is -4.39. The van der Waals surface area contributed by atoms with Crippen molar-refractivity contribution in [2.24, 2.45) is 16.7 Å². The van der Waals surface area contributed by atoms with Crippen LogP contribution in [0, 0.1) is 16.7 Å². The minimum Gasteiger partial charge on any atom is -0.493 e. The maximum absolute atomic E-state index is 14.8. The van der Waals surface area contributed by atoms with Gasteiger partial charge >= 0.3 is 11.9 Å². The first-order valence-corrected chi connectivity index (χ1v) is 14.4. The molecule has 0 amide bonds. The van der Waals surface area contributed by atoms with Gasteiger partial charge in [0.05, 0.1) is 17.9 Å². The molecule has 1 aliphatic heterocycles. The molecule has 0 N–H and O–H groups in total. The van der Waals surface area contributed by atoms with Crippen molar-refractivity contribution in [3.05, 3.63) is 107 Å². The van der Waals surface area contributed by atoms with E-state index in [2.05, 4.69) is 0 Å². The minimum atomic E-state index is -1.54. The third kappa shape index (κ3) is 3.30. The lowest BCUT2D eigenvalue weighted by Gasteiger charge is -2.64. The molecular formula is C35H32O7. The van der Waals surface area contributed by atoms with Crippen LogP contribution in [0.3, 0.4) is 0 Å². The fourth-order valence-electron chi connectivity index (χ4n) is 8.26. The normalized spacial score (nSPS) is 29.7. The first-order chi connectivity index (χ1) is 20.4. The highest BCUT2D eigenvalue weighted by atomic mass is 16.5. The van der Waals surface area contributed by atoms with Gasteiger partial charge in [0.15, 0.2) is 23.4 Å². The first kappa shape index (κ1) is 26.5. The molecule has 0 aromatic heterocycles. The van der Waals surface area contributed by atoms with Crippen molar-refractivity contribution in [3.8, 4) is 11.5 Å². The summed E-state index contributed by atoms with van der Waals surface area (Å²) in [6.07, 6.45) is 3.38. The van der Waals surface area contributed by atoms with Crippen LogP contribution in [0.5, 0.6) is 11.5 Å². The molecule has 7 rings (SSSR count). The molecule has 0 saturated heterocycles. The number of carbonyl (C=O) groups is 3. The molecule has 214 valence electrons. The van der Waals surface area contributed by atoms with E-state index in [0.29, 0.717) is 24.3 Å². The first-order valence-electron chi connectivity index (χ1n) is 14.4. The van der Waals surface area contributed by atoms with Crippen LogP contribution < -0.4 is 9.47 Å². The third-order valence-electron chi connectivity index (χ3n) is 10.1. The maximum atomic E-state index is 14.8. The minimum absolute atomic E-state index is 0.0339. The topological polar surface area (TPSA) is 88.1 Å². The highest BCUT2D eigenvalue weighted by molar-refractivity contribution is 6.05. The summed E-state index contributed by atoms with van der Waals surface area (Å²) < 4.78 is 24.4. The van der Waals surface area contributed by atoms with E-state index in [1.807, 2.05) is 79.7 Å². The van der Waals surface area contributed by atoms with Crippen LogP contribution in [0.15, 0.2) is 84.9 Å². The quantitative estimate of drug-likeness (QED) is 0.361. The van der Waals surface area contributed by atoms with E-state index in [1.165, 1.54) is 6.08 Å². The van der Waals surface area contributed by atoms with E-state index in [4.69, 9.17) is 18.9 Å². The average molecular weight is 565 g/mol. The van der Waals surface area contributed by atoms with E-state index in [1.54, 1.807) is 13.2 Å². The summed E-state index contributed by atoms with van der Waals surface area (Å²) in [7, 11) is 1.56. The zero-order valence-corrected chi connectivity index (χ0v) is 23.6. The monoisotopic (exact) mass is 564 g/mol. The van der Waals surface area contributed by atoms with Gasteiger partial charge in [-0.3, -0.25) is 14.4 Å². The number of rotatable bonds is 7. The van der Waals surface area contributed by atoms with Gasteiger partial charge in [-0.1, -0.05) is 79.7 Å². The lowest BCUT2D eigenvalue weighted by atomic mass is 9.34. The van der Waals surface area contributed by atoms with Gasteiger partial charge in [-0.05, 0) is 54.0 Å². The summed E-state index contributed by atoms with van der Waals surface area (Å²) in [4.78, 5) is 43.1. The molecule has 2 bridgehead atoms. The van der Waals surface area contributed by atoms with Gasteiger partial charge in [0.1, 0.15) is 18.6 Å². The van der Waals surface area contributed by atoms with Crippen molar-refractivity contribution in [1.82, 2.24) is 0 Å². The van der Waals surface area contributed by atoms with Crippen molar-refractivity contribution in [1.29, 1.82) is 0 Å². The van der Waals surface area contributed by atoms with Crippen molar-refractivity contribution >= 4 is 17.7 Å². The maximum Gasteiger partial charge on any atom is 0.318 e. The highest BCUT2D eigenvalue weighted by Crippen LogP contribution is 2.75. The second-order valence-corrected chi connectivity index (χ2v) is 11.9. The molecule has 1 fully saturated rings. The predicted octanol–water partition coefficient (Wildman–Crippen LogP) is 5.28. The summed E-state index contributed by atoms with van der Waals surface area (Å²) in [6.45, 7) is 2.11. The lowest BCUT2D eigenvalue weighted by molar-refractivity contribution is -0.207. The van der Waals surface area contributed by atoms with E-state index < -0.39 is 34.3 Å². The molecule has 7 heteroatoms. The Morgan fingerprint density at radius 1 is 0.905 bits per heavy atom. The van der Waals surface area contributed by atoms with Crippen LogP contribution in [0.4, 0.5) is 0 Å². The Labute approximate surface area is 244 Å². The largest absolute Gasteiger partial charge is 0.493 e. The van der Waals surface area contributed by atoms with Crippen LogP contribution >= 0.6 is 0 Å². The second kappa shape index (κ2) is 9.58. The number of benzene rings is 3. The molecule has 1 saturated carbocycles. The van der Waals surface area contributed by atoms with Crippen molar-refractivity contribution < 1.29 is 33.3 Å². The van der Waals surface area contributed by atoms with E-state index in [0.717, 1.165) is 22.3 Å². The molecule has 7 nitrogen and oxygen atoms in total. The number of ketones is 1. The summed E-state index contributed by atoms with van der Waals surface area (Å²) >= 11 is 0. The summed E-state index contributed by atoms with van der Waals surface area (Å²) in [5.41, 5.74) is -0.708. The molecule has 2 unspecified atom stereocenters. The van der Waals surface area contributed by atoms with Crippen molar-refractivity contribution in [2.45, 2.75) is 50.9 Å². The summed E-state index contributed by atoms with van der Waals surface area (Å²) in [5.74, 6) is -0.551. The van der Waals surface area contributed by atoms with Gasteiger partial charge < -0.3 is 18.9 Å².